The van der Waals surface area contributed by atoms with Crippen LogP contribution in [-0.4, -0.2) is 34.8 Å². The molecule has 1 aliphatic carbocycles. The lowest BCUT2D eigenvalue weighted by Crippen LogP contribution is -2.69. The average Bonchev–Trinajstić information content (AvgIpc) is 3.15. The second-order valence-corrected chi connectivity index (χ2v) is 5.50. The molecule has 4 heteroatoms. The zero-order chi connectivity index (χ0) is 13.3. The van der Waals surface area contributed by atoms with Crippen molar-refractivity contribution in [1.29, 1.82) is 0 Å². The highest BCUT2D eigenvalue weighted by Crippen LogP contribution is 2.42. The second-order valence-electron chi connectivity index (χ2n) is 5.50. The van der Waals surface area contributed by atoms with Crippen molar-refractivity contribution in [3.05, 3.63) is 12.2 Å². The van der Waals surface area contributed by atoms with Gasteiger partial charge in [-0.15, -0.1) is 0 Å². The van der Waals surface area contributed by atoms with Crippen molar-refractivity contribution >= 4 is 11.8 Å². The summed E-state index contributed by atoms with van der Waals surface area (Å²) in [5, 5.41) is 2.93. The molecule has 0 bridgehead atoms. The van der Waals surface area contributed by atoms with Crippen LogP contribution in [-0.2, 0) is 9.59 Å². The first-order valence-corrected chi connectivity index (χ1v) is 6.75. The maximum absolute atomic E-state index is 12.6. The number of hydrogen-bond donors (Lipinski definition) is 1. The Kier molecular flexibility index (Phi) is 3.46. The molecular formula is C14H22N2O2. The molecule has 100 valence electrons. The summed E-state index contributed by atoms with van der Waals surface area (Å²) >= 11 is 0. The Labute approximate surface area is 108 Å². The molecule has 0 aromatic carbocycles. The fourth-order valence-electron chi connectivity index (χ4n) is 2.64. The predicted molar refractivity (Wildman–Crippen MR) is 69.9 cm³/mol. The Morgan fingerprint density at radius 1 is 1.44 bits per heavy atom. The van der Waals surface area contributed by atoms with E-state index in [0.717, 1.165) is 19.3 Å². The van der Waals surface area contributed by atoms with E-state index in [1.807, 2.05) is 26.0 Å². The van der Waals surface area contributed by atoms with Crippen LogP contribution >= 0.6 is 0 Å². The summed E-state index contributed by atoms with van der Waals surface area (Å²) < 4.78 is 0. The molecule has 2 atom stereocenters. The second kappa shape index (κ2) is 4.75. The molecule has 0 radical (unpaired) electrons. The van der Waals surface area contributed by atoms with Crippen LogP contribution in [0.4, 0.5) is 0 Å². The molecular weight excluding hydrogens is 228 g/mol. The van der Waals surface area contributed by atoms with Gasteiger partial charge in [-0.25, -0.2) is 0 Å². The highest BCUT2D eigenvalue weighted by Gasteiger charge is 2.54. The molecule has 18 heavy (non-hydrogen) atoms. The fraction of sp³-hybridized carbons (Fsp3) is 0.714. The number of amides is 2. The van der Waals surface area contributed by atoms with E-state index in [-0.39, 0.29) is 17.9 Å². The lowest BCUT2D eigenvalue weighted by atomic mass is 9.89. The first kappa shape index (κ1) is 13.1. The first-order valence-electron chi connectivity index (χ1n) is 6.75. The van der Waals surface area contributed by atoms with Gasteiger partial charge < -0.3 is 10.2 Å². The van der Waals surface area contributed by atoms with Crippen molar-refractivity contribution in [2.24, 2.45) is 5.92 Å². The topological polar surface area (TPSA) is 49.4 Å². The minimum atomic E-state index is -0.667. The summed E-state index contributed by atoms with van der Waals surface area (Å²) in [5.74, 6) is 0.386. The van der Waals surface area contributed by atoms with Gasteiger partial charge in [0.05, 0.1) is 0 Å². The summed E-state index contributed by atoms with van der Waals surface area (Å²) in [6.07, 6.45) is 6.89. The van der Waals surface area contributed by atoms with Crippen LogP contribution in [0, 0.1) is 5.92 Å². The van der Waals surface area contributed by atoms with Crippen LogP contribution in [0.25, 0.3) is 0 Å². The number of carbonyl (C=O) groups excluding carboxylic acids is 2. The zero-order valence-corrected chi connectivity index (χ0v) is 11.4. The normalized spacial score (nSPS) is 33.1. The van der Waals surface area contributed by atoms with E-state index in [1.165, 1.54) is 0 Å². The lowest BCUT2D eigenvalue weighted by molar-refractivity contribution is -0.154. The molecule has 2 unspecified atom stereocenters. The van der Waals surface area contributed by atoms with Gasteiger partial charge in [0.25, 0.3) is 0 Å². The molecule has 0 aromatic rings. The molecule has 2 aliphatic rings. The Hall–Kier alpha value is -1.32. The highest BCUT2D eigenvalue weighted by molar-refractivity contribution is 5.99. The van der Waals surface area contributed by atoms with Crippen molar-refractivity contribution in [3.63, 3.8) is 0 Å². The molecule has 1 heterocycles. The Balaban J connectivity index is 2.14. The van der Waals surface area contributed by atoms with Crippen LogP contribution < -0.4 is 5.32 Å². The third-order valence-corrected chi connectivity index (χ3v) is 4.10. The van der Waals surface area contributed by atoms with E-state index in [9.17, 15) is 9.59 Å². The van der Waals surface area contributed by atoms with Crippen molar-refractivity contribution in [2.45, 2.75) is 51.6 Å². The van der Waals surface area contributed by atoms with Crippen molar-refractivity contribution < 1.29 is 9.59 Å². The van der Waals surface area contributed by atoms with Crippen molar-refractivity contribution in [3.8, 4) is 0 Å². The van der Waals surface area contributed by atoms with E-state index >= 15 is 0 Å². The maximum atomic E-state index is 12.6. The zero-order valence-electron chi connectivity index (χ0n) is 11.4. The van der Waals surface area contributed by atoms with Crippen molar-refractivity contribution in [1.82, 2.24) is 10.2 Å². The smallest absolute Gasteiger partial charge is 0.249 e. The summed E-state index contributed by atoms with van der Waals surface area (Å²) in [5.41, 5.74) is -0.667. The SMILES string of the molecule is C/C=C/CCN1C(=O)C(C)(C2CC2)NC(=O)C1C. The van der Waals surface area contributed by atoms with Gasteiger partial charge in [0.15, 0.2) is 0 Å². The van der Waals surface area contributed by atoms with E-state index in [4.69, 9.17) is 0 Å². The Morgan fingerprint density at radius 3 is 2.67 bits per heavy atom. The molecule has 2 fully saturated rings. The number of rotatable bonds is 4. The number of nitrogens with one attached hydrogen (secondary N) is 1. The van der Waals surface area contributed by atoms with Gasteiger partial charge in [-0.2, -0.15) is 0 Å². The number of allylic oxidation sites excluding steroid dienone is 1. The van der Waals surface area contributed by atoms with Gasteiger partial charge in [-0.05, 0) is 46.0 Å². The number of nitrogens with zero attached hydrogens (tertiary/aromatic N) is 1. The standard InChI is InChI=1S/C14H22N2O2/c1-4-5-6-9-16-10(2)12(17)15-14(3,13(16)18)11-7-8-11/h4-5,10-11H,6-9H2,1-3H3,(H,15,17)/b5-4+. The molecule has 4 nitrogen and oxygen atoms in total. The minimum Gasteiger partial charge on any atom is -0.340 e. The quantitative estimate of drug-likeness (QED) is 0.768. The first-order chi connectivity index (χ1) is 8.50. The van der Waals surface area contributed by atoms with E-state index in [1.54, 1.807) is 11.8 Å². The van der Waals surface area contributed by atoms with Crippen LogP contribution in [0.3, 0.4) is 0 Å². The number of carbonyl (C=O) groups is 2. The van der Waals surface area contributed by atoms with Crippen LogP contribution in [0.15, 0.2) is 12.2 Å². The molecule has 1 aliphatic heterocycles. The average molecular weight is 250 g/mol. The maximum Gasteiger partial charge on any atom is 0.249 e. The Bertz CT molecular complexity index is 387. The highest BCUT2D eigenvalue weighted by atomic mass is 16.2. The summed E-state index contributed by atoms with van der Waals surface area (Å²) in [6.45, 7) is 6.26. The number of hydrogen-bond acceptors (Lipinski definition) is 2. The van der Waals surface area contributed by atoms with E-state index in [2.05, 4.69) is 5.32 Å². The molecule has 1 N–H and O–H groups in total. The predicted octanol–water partition coefficient (Wildman–Crippen LogP) is 1.47. The van der Waals surface area contributed by atoms with E-state index in [0.29, 0.717) is 12.5 Å². The third kappa shape index (κ3) is 2.16. The third-order valence-electron chi connectivity index (χ3n) is 4.10. The molecule has 0 spiro atoms. The minimum absolute atomic E-state index is 0.0236. The van der Waals surface area contributed by atoms with Gasteiger partial charge in [-0.3, -0.25) is 9.59 Å². The monoisotopic (exact) mass is 250 g/mol. The van der Waals surface area contributed by atoms with Gasteiger partial charge in [0.1, 0.15) is 11.6 Å². The summed E-state index contributed by atoms with van der Waals surface area (Å²) in [4.78, 5) is 26.3. The molecule has 1 saturated heterocycles. The van der Waals surface area contributed by atoms with Gasteiger partial charge in [-0.1, -0.05) is 12.2 Å². The summed E-state index contributed by atoms with van der Waals surface area (Å²) in [6, 6.07) is -0.352. The van der Waals surface area contributed by atoms with E-state index < -0.39 is 5.54 Å². The summed E-state index contributed by atoms with van der Waals surface area (Å²) in [7, 11) is 0. The van der Waals surface area contributed by atoms with Gasteiger partial charge in [0, 0.05) is 6.54 Å². The van der Waals surface area contributed by atoms with Crippen LogP contribution in [0.5, 0.6) is 0 Å². The van der Waals surface area contributed by atoms with Crippen LogP contribution in [0.1, 0.15) is 40.0 Å². The molecule has 1 saturated carbocycles. The lowest BCUT2D eigenvalue weighted by Gasteiger charge is -2.43. The Morgan fingerprint density at radius 2 is 2.11 bits per heavy atom. The van der Waals surface area contributed by atoms with Gasteiger partial charge >= 0.3 is 0 Å². The number of piperazine rings is 1. The molecule has 0 aromatic heterocycles. The largest absolute Gasteiger partial charge is 0.340 e. The fourth-order valence-corrected chi connectivity index (χ4v) is 2.64. The van der Waals surface area contributed by atoms with Gasteiger partial charge in [0.2, 0.25) is 11.8 Å². The van der Waals surface area contributed by atoms with Crippen LogP contribution in [0.2, 0.25) is 0 Å². The van der Waals surface area contributed by atoms with Crippen molar-refractivity contribution in [2.75, 3.05) is 6.54 Å². The molecule has 2 rings (SSSR count). The molecule has 2 amide bonds.